The maximum atomic E-state index is 12.8. The molecule has 5 fully saturated rings. The van der Waals surface area contributed by atoms with Gasteiger partial charge in [-0.3, -0.25) is 9.69 Å². The molecule has 0 atom stereocenters. The molecule has 1 aromatic rings. The zero-order valence-electron chi connectivity index (χ0n) is 15.5. The van der Waals surface area contributed by atoms with Crippen molar-refractivity contribution in [2.24, 2.45) is 17.8 Å². The van der Waals surface area contributed by atoms with E-state index in [-0.39, 0.29) is 5.91 Å². The third-order valence-electron chi connectivity index (χ3n) is 7.35. The molecule has 25 heavy (non-hydrogen) atoms. The average molecular weight is 343 g/mol. The zero-order chi connectivity index (χ0) is 17.2. The van der Waals surface area contributed by atoms with Crippen LogP contribution in [0.1, 0.15) is 60.7 Å². The van der Waals surface area contributed by atoms with Crippen LogP contribution >= 0.6 is 0 Å². The van der Waals surface area contributed by atoms with Crippen LogP contribution in [-0.4, -0.2) is 52.4 Å². The second-order valence-electron chi connectivity index (χ2n) is 9.06. The molecule has 1 aromatic heterocycles. The first kappa shape index (κ1) is 15.9. The van der Waals surface area contributed by atoms with Gasteiger partial charge in [-0.1, -0.05) is 0 Å². The van der Waals surface area contributed by atoms with E-state index in [1.807, 2.05) is 11.8 Å². The molecule has 1 saturated heterocycles. The van der Waals surface area contributed by atoms with Gasteiger partial charge in [-0.15, -0.1) is 0 Å². The predicted molar refractivity (Wildman–Crippen MR) is 94.4 cm³/mol. The zero-order valence-corrected chi connectivity index (χ0v) is 15.5. The minimum Gasteiger partial charge on any atom is -0.445 e. The summed E-state index contributed by atoms with van der Waals surface area (Å²) >= 11 is 0. The van der Waals surface area contributed by atoms with E-state index < -0.39 is 0 Å². The van der Waals surface area contributed by atoms with Crippen molar-refractivity contribution in [1.29, 1.82) is 0 Å². The summed E-state index contributed by atoms with van der Waals surface area (Å²) in [6.07, 6.45) is 8.70. The number of nitrogens with zero attached hydrogens (tertiary/aromatic N) is 3. The number of amides is 1. The summed E-state index contributed by atoms with van der Waals surface area (Å²) in [4.78, 5) is 21.8. The van der Waals surface area contributed by atoms with Crippen molar-refractivity contribution in [3.05, 3.63) is 17.3 Å². The Balaban J connectivity index is 1.27. The fourth-order valence-corrected chi connectivity index (χ4v) is 6.71. The Labute approximate surface area is 149 Å². The maximum Gasteiger partial charge on any atom is 0.276 e. The summed E-state index contributed by atoms with van der Waals surface area (Å²) in [6, 6.07) is 0. The molecule has 0 spiro atoms. The summed E-state index contributed by atoms with van der Waals surface area (Å²) < 4.78 is 5.44. The van der Waals surface area contributed by atoms with Gasteiger partial charge in [-0.25, -0.2) is 4.98 Å². The van der Waals surface area contributed by atoms with Crippen molar-refractivity contribution in [3.8, 4) is 0 Å². The smallest absolute Gasteiger partial charge is 0.276 e. The van der Waals surface area contributed by atoms with E-state index in [4.69, 9.17) is 4.42 Å². The predicted octanol–water partition coefficient (Wildman–Crippen LogP) is 3.02. The molecule has 2 heterocycles. The maximum absolute atomic E-state index is 12.8. The molecule has 5 heteroatoms. The molecule has 0 unspecified atom stereocenters. The van der Waals surface area contributed by atoms with Gasteiger partial charge in [-0.05, 0) is 63.2 Å². The second-order valence-corrected chi connectivity index (χ2v) is 9.06. The van der Waals surface area contributed by atoms with Crippen LogP contribution in [-0.2, 0) is 0 Å². The second kappa shape index (κ2) is 5.57. The largest absolute Gasteiger partial charge is 0.445 e. The highest BCUT2D eigenvalue weighted by Crippen LogP contribution is 2.57. The van der Waals surface area contributed by atoms with Gasteiger partial charge in [-0.2, -0.15) is 0 Å². The van der Waals surface area contributed by atoms with Gasteiger partial charge < -0.3 is 9.32 Å². The van der Waals surface area contributed by atoms with Crippen LogP contribution in [0.25, 0.3) is 0 Å². The van der Waals surface area contributed by atoms with E-state index in [1.165, 1.54) is 38.5 Å². The molecule has 4 bridgehead atoms. The van der Waals surface area contributed by atoms with Gasteiger partial charge in [0.15, 0.2) is 11.6 Å². The lowest BCUT2D eigenvalue weighted by atomic mass is 9.52. The van der Waals surface area contributed by atoms with Gasteiger partial charge >= 0.3 is 0 Å². The summed E-state index contributed by atoms with van der Waals surface area (Å²) in [5, 5.41) is 0. The summed E-state index contributed by atoms with van der Waals surface area (Å²) in [6.45, 7) is 7.33. The van der Waals surface area contributed by atoms with Crippen LogP contribution in [0.5, 0.6) is 0 Å². The molecular weight excluding hydrogens is 314 g/mol. The summed E-state index contributed by atoms with van der Waals surface area (Å²) in [5.41, 5.74) is 0.963. The van der Waals surface area contributed by atoms with E-state index in [0.29, 0.717) is 22.9 Å². The van der Waals surface area contributed by atoms with E-state index in [1.54, 1.807) is 6.92 Å². The molecule has 1 aliphatic heterocycles. The number of rotatable bonds is 2. The Morgan fingerprint density at radius 3 is 2.04 bits per heavy atom. The fraction of sp³-hybridized carbons (Fsp3) is 0.800. The van der Waals surface area contributed by atoms with Crippen LogP contribution < -0.4 is 0 Å². The molecule has 1 amide bonds. The van der Waals surface area contributed by atoms with E-state index in [0.717, 1.165) is 43.9 Å². The molecule has 4 aliphatic carbocycles. The number of aryl methyl sites for hydroxylation is 2. The van der Waals surface area contributed by atoms with Crippen LogP contribution in [0.3, 0.4) is 0 Å². The van der Waals surface area contributed by atoms with Crippen molar-refractivity contribution in [1.82, 2.24) is 14.8 Å². The minimum atomic E-state index is 0.0412. The summed E-state index contributed by atoms with van der Waals surface area (Å²) in [7, 11) is 0. The number of hydrogen-bond acceptors (Lipinski definition) is 4. The lowest BCUT2D eigenvalue weighted by Gasteiger charge is -2.61. The Kier molecular flexibility index (Phi) is 3.53. The number of hydrogen-bond donors (Lipinski definition) is 0. The molecule has 5 aliphatic rings. The lowest BCUT2D eigenvalue weighted by molar-refractivity contribution is -0.0987. The average Bonchev–Trinajstić information content (AvgIpc) is 2.91. The van der Waals surface area contributed by atoms with Crippen molar-refractivity contribution >= 4 is 5.91 Å². The minimum absolute atomic E-state index is 0.0412. The molecule has 0 radical (unpaired) electrons. The Hall–Kier alpha value is -1.36. The van der Waals surface area contributed by atoms with Crippen LogP contribution in [0.15, 0.2) is 4.42 Å². The highest BCUT2D eigenvalue weighted by Gasteiger charge is 2.53. The SMILES string of the molecule is Cc1nc(C(=O)N2CCN(C34CC5CC(CC(C5)C3)C4)CC2)c(C)o1. The van der Waals surface area contributed by atoms with E-state index in [2.05, 4.69) is 9.88 Å². The summed E-state index contributed by atoms with van der Waals surface area (Å²) in [5.74, 6) is 4.20. The number of piperazine rings is 1. The first-order valence-electron chi connectivity index (χ1n) is 10.0. The number of oxazole rings is 1. The van der Waals surface area contributed by atoms with Gasteiger partial charge in [0.25, 0.3) is 5.91 Å². The molecule has 4 saturated carbocycles. The van der Waals surface area contributed by atoms with Crippen LogP contribution in [0.2, 0.25) is 0 Å². The molecule has 0 aromatic carbocycles. The molecule has 0 N–H and O–H groups in total. The van der Waals surface area contributed by atoms with Crippen molar-refractivity contribution in [3.63, 3.8) is 0 Å². The Morgan fingerprint density at radius 1 is 1.00 bits per heavy atom. The van der Waals surface area contributed by atoms with Crippen molar-refractivity contribution < 1.29 is 9.21 Å². The number of carbonyl (C=O) groups excluding carboxylic acids is 1. The molecule has 6 rings (SSSR count). The van der Waals surface area contributed by atoms with Crippen molar-refractivity contribution in [2.45, 2.75) is 57.9 Å². The highest BCUT2D eigenvalue weighted by molar-refractivity contribution is 5.93. The fourth-order valence-electron chi connectivity index (χ4n) is 6.71. The molecule has 5 nitrogen and oxygen atoms in total. The standard InChI is InChI=1S/C20H29N3O2/c1-13-18(21-14(2)25-13)19(24)22-3-5-23(6-4-22)20-10-15-7-16(11-20)9-17(8-15)12-20/h15-17H,3-12H2,1-2H3. The van der Waals surface area contributed by atoms with Gasteiger partial charge in [0, 0.05) is 38.6 Å². The quantitative estimate of drug-likeness (QED) is 0.828. The Morgan fingerprint density at radius 2 is 1.56 bits per heavy atom. The lowest BCUT2D eigenvalue weighted by Crippen LogP contribution is -2.64. The number of aromatic nitrogens is 1. The third kappa shape index (κ3) is 2.54. The Bertz CT molecular complexity index is 652. The van der Waals surface area contributed by atoms with Gasteiger partial charge in [0.1, 0.15) is 5.76 Å². The van der Waals surface area contributed by atoms with Gasteiger partial charge in [0.05, 0.1) is 0 Å². The normalized spacial score (nSPS) is 37.7. The third-order valence-corrected chi connectivity index (χ3v) is 7.35. The van der Waals surface area contributed by atoms with Crippen LogP contribution in [0, 0.1) is 31.6 Å². The van der Waals surface area contributed by atoms with E-state index in [9.17, 15) is 4.79 Å². The topological polar surface area (TPSA) is 49.6 Å². The van der Waals surface area contributed by atoms with Crippen LogP contribution in [0.4, 0.5) is 0 Å². The monoisotopic (exact) mass is 343 g/mol. The molecular formula is C20H29N3O2. The number of carbonyl (C=O) groups is 1. The highest BCUT2D eigenvalue weighted by atomic mass is 16.4. The first-order chi connectivity index (χ1) is 12.0. The van der Waals surface area contributed by atoms with E-state index >= 15 is 0 Å². The van der Waals surface area contributed by atoms with Crippen molar-refractivity contribution in [2.75, 3.05) is 26.2 Å². The molecule has 136 valence electrons. The first-order valence-corrected chi connectivity index (χ1v) is 10.0. The van der Waals surface area contributed by atoms with Gasteiger partial charge in [0.2, 0.25) is 0 Å².